The van der Waals surface area contributed by atoms with E-state index in [2.05, 4.69) is 26.0 Å². The molecule has 0 saturated heterocycles. The summed E-state index contributed by atoms with van der Waals surface area (Å²) < 4.78 is 10.9. The van der Waals surface area contributed by atoms with E-state index in [0.717, 1.165) is 30.8 Å². The van der Waals surface area contributed by atoms with Crippen LogP contribution in [-0.4, -0.2) is 19.0 Å². The molecule has 0 bridgehead atoms. The van der Waals surface area contributed by atoms with Crippen molar-refractivity contribution in [3.63, 3.8) is 0 Å². The fourth-order valence-corrected chi connectivity index (χ4v) is 3.28. The zero-order valence-electron chi connectivity index (χ0n) is 14.9. The van der Waals surface area contributed by atoms with E-state index in [1.807, 2.05) is 26.0 Å². The third kappa shape index (κ3) is 4.60. The van der Waals surface area contributed by atoms with Gasteiger partial charge in [-0.1, -0.05) is 26.0 Å². The van der Waals surface area contributed by atoms with E-state index in [9.17, 15) is 4.79 Å². The highest BCUT2D eigenvalue weighted by molar-refractivity contribution is 5.93. The molecule has 23 heavy (non-hydrogen) atoms. The molecule has 0 heterocycles. The maximum atomic E-state index is 12.5. The first-order chi connectivity index (χ1) is 10.8. The minimum Gasteiger partial charge on any atom is -0.497 e. The van der Waals surface area contributed by atoms with E-state index in [-0.39, 0.29) is 23.2 Å². The number of hydrogen-bond acceptors (Lipinski definition) is 3. The zero-order valence-corrected chi connectivity index (χ0v) is 14.9. The van der Waals surface area contributed by atoms with Gasteiger partial charge in [0.05, 0.1) is 13.2 Å². The predicted molar refractivity (Wildman–Crippen MR) is 92.5 cm³/mol. The molecule has 0 aliphatic heterocycles. The van der Waals surface area contributed by atoms with Gasteiger partial charge in [0.2, 0.25) is 0 Å². The minimum absolute atomic E-state index is 0.0455. The maximum absolute atomic E-state index is 12.5. The van der Waals surface area contributed by atoms with E-state index >= 15 is 0 Å². The smallest absolute Gasteiger partial charge is 0.162 e. The van der Waals surface area contributed by atoms with E-state index in [1.54, 1.807) is 13.2 Å². The highest BCUT2D eigenvalue weighted by atomic mass is 16.5. The predicted octanol–water partition coefficient (Wildman–Crippen LogP) is 4.55. The lowest BCUT2D eigenvalue weighted by Gasteiger charge is -2.37. The van der Waals surface area contributed by atoms with Crippen LogP contribution in [0.1, 0.15) is 46.1 Å². The number of ketones is 1. The molecule has 0 aromatic heterocycles. The third-order valence-corrected chi connectivity index (χ3v) is 4.49. The summed E-state index contributed by atoms with van der Waals surface area (Å²) in [5, 5.41) is 0. The summed E-state index contributed by atoms with van der Waals surface area (Å²) in [7, 11) is 1.67. The molecule has 1 aliphatic rings. The Labute approximate surface area is 139 Å². The normalized spacial score (nSPS) is 20.3. The summed E-state index contributed by atoms with van der Waals surface area (Å²) in [5.74, 6) is 1.94. The Kier molecular flexibility index (Phi) is 5.51. The largest absolute Gasteiger partial charge is 0.497 e. The summed E-state index contributed by atoms with van der Waals surface area (Å²) in [4.78, 5) is 12.5. The molecule has 0 N–H and O–H groups in total. The monoisotopic (exact) mass is 316 g/mol. The molecule has 1 aliphatic carbocycles. The van der Waals surface area contributed by atoms with Crippen LogP contribution in [0.15, 0.2) is 36.1 Å². The summed E-state index contributed by atoms with van der Waals surface area (Å²) >= 11 is 0. The van der Waals surface area contributed by atoms with Crippen molar-refractivity contribution in [2.75, 3.05) is 7.11 Å². The van der Waals surface area contributed by atoms with E-state index < -0.39 is 0 Å². The van der Waals surface area contributed by atoms with Crippen LogP contribution < -0.4 is 4.74 Å². The van der Waals surface area contributed by atoms with Crippen LogP contribution in [0, 0.1) is 11.3 Å². The van der Waals surface area contributed by atoms with Crippen LogP contribution in [0.5, 0.6) is 5.75 Å². The number of methoxy groups -OCH3 is 1. The summed E-state index contributed by atoms with van der Waals surface area (Å²) in [6, 6.07) is 8.08. The van der Waals surface area contributed by atoms with Crippen LogP contribution in [0.3, 0.4) is 0 Å². The van der Waals surface area contributed by atoms with Gasteiger partial charge >= 0.3 is 0 Å². The minimum atomic E-state index is -0.0669. The average molecular weight is 316 g/mol. The Hall–Kier alpha value is -1.77. The number of aryl methyl sites for hydroxylation is 1. The molecule has 3 heteroatoms. The second kappa shape index (κ2) is 7.20. The molecule has 2 rings (SSSR count). The van der Waals surface area contributed by atoms with Gasteiger partial charge in [-0.2, -0.15) is 0 Å². The first-order valence-electron chi connectivity index (χ1n) is 8.36. The standard InChI is InChI=1S/C20H28O3/c1-14(2)23-17-12-19(21)18(20(3,4)13-17)11-8-15-6-9-16(22-5)10-7-15/h6-7,9-10,12,14,18H,8,11,13H2,1-5H3. The van der Waals surface area contributed by atoms with Crippen LogP contribution in [0.25, 0.3) is 0 Å². The van der Waals surface area contributed by atoms with Gasteiger partial charge in [0.15, 0.2) is 5.78 Å². The van der Waals surface area contributed by atoms with Crippen molar-refractivity contribution in [2.24, 2.45) is 11.3 Å². The first kappa shape index (κ1) is 17.6. The lowest BCUT2D eigenvalue weighted by molar-refractivity contribution is -0.123. The highest BCUT2D eigenvalue weighted by Gasteiger charge is 2.38. The SMILES string of the molecule is COc1ccc(CCC2C(=O)C=C(OC(C)C)CC2(C)C)cc1. The Morgan fingerprint density at radius 3 is 2.39 bits per heavy atom. The Morgan fingerprint density at radius 2 is 1.87 bits per heavy atom. The molecule has 0 amide bonds. The summed E-state index contributed by atoms with van der Waals surface area (Å²) in [6.07, 6.45) is 4.41. The van der Waals surface area contributed by atoms with Gasteiger partial charge in [-0.05, 0) is 49.8 Å². The van der Waals surface area contributed by atoms with Crippen LogP contribution >= 0.6 is 0 Å². The van der Waals surface area contributed by atoms with Gasteiger partial charge in [-0.3, -0.25) is 4.79 Å². The van der Waals surface area contributed by atoms with Crippen molar-refractivity contribution in [3.8, 4) is 5.75 Å². The van der Waals surface area contributed by atoms with Crippen molar-refractivity contribution in [1.29, 1.82) is 0 Å². The molecule has 0 radical (unpaired) electrons. The summed E-state index contributed by atoms with van der Waals surface area (Å²) in [5.41, 5.74) is 1.17. The molecule has 1 aromatic rings. The molecule has 3 nitrogen and oxygen atoms in total. The molecule has 1 aromatic carbocycles. The molecule has 0 fully saturated rings. The lowest BCUT2D eigenvalue weighted by Crippen LogP contribution is -2.35. The number of allylic oxidation sites excluding steroid dienone is 2. The van der Waals surface area contributed by atoms with Crippen molar-refractivity contribution < 1.29 is 14.3 Å². The van der Waals surface area contributed by atoms with Gasteiger partial charge in [-0.15, -0.1) is 0 Å². The fraction of sp³-hybridized carbons (Fsp3) is 0.550. The van der Waals surface area contributed by atoms with E-state index in [1.165, 1.54) is 5.56 Å². The van der Waals surface area contributed by atoms with Gasteiger partial charge in [0.1, 0.15) is 11.5 Å². The van der Waals surface area contributed by atoms with Crippen LogP contribution in [-0.2, 0) is 16.0 Å². The summed E-state index contributed by atoms with van der Waals surface area (Å²) in [6.45, 7) is 8.32. The Bertz CT molecular complexity index is 567. The van der Waals surface area contributed by atoms with Gasteiger partial charge < -0.3 is 9.47 Å². The van der Waals surface area contributed by atoms with Gasteiger partial charge in [-0.25, -0.2) is 0 Å². The zero-order chi connectivity index (χ0) is 17.0. The number of hydrogen-bond donors (Lipinski definition) is 0. The molecular weight excluding hydrogens is 288 g/mol. The second-order valence-corrected chi connectivity index (χ2v) is 7.28. The molecular formula is C20H28O3. The molecule has 1 unspecified atom stereocenters. The Morgan fingerprint density at radius 1 is 1.22 bits per heavy atom. The maximum Gasteiger partial charge on any atom is 0.162 e. The third-order valence-electron chi connectivity index (χ3n) is 4.49. The van der Waals surface area contributed by atoms with Crippen molar-refractivity contribution in [3.05, 3.63) is 41.7 Å². The quantitative estimate of drug-likeness (QED) is 0.772. The van der Waals surface area contributed by atoms with E-state index in [4.69, 9.17) is 9.47 Å². The first-order valence-corrected chi connectivity index (χ1v) is 8.36. The van der Waals surface area contributed by atoms with Crippen molar-refractivity contribution >= 4 is 5.78 Å². The fourth-order valence-electron chi connectivity index (χ4n) is 3.28. The van der Waals surface area contributed by atoms with Gasteiger partial charge in [0, 0.05) is 18.4 Å². The lowest BCUT2D eigenvalue weighted by atomic mass is 9.68. The number of rotatable bonds is 6. The molecule has 0 saturated carbocycles. The number of benzene rings is 1. The van der Waals surface area contributed by atoms with Crippen LogP contribution in [0.4, 0.5) is 0 Å². The van der Waals surface area contributed by atoms with Crippen molar-refractivity contribution in [1.82, 2.24) is 0 Å². The number of carbonyl (C=O) groups excluding carboxylic acids is 1. The molecule has 0 spiro atoms. The topological polar surface area (TPSA) is 35.5 Å². The average Bonchev–Trinajstić information content (AvgIpc) is 2.45. The van der Waals surface area contributed by atoms with Gasteiger partial charge in [0.25, 0.3) is 0 Å². The second-order valence-electron chi connectivity index (χ2n) is 7.28. The molecule has 126 valence electrons. The molecule has 1 atom stereocenters. The highest BCUT2D eigenvalue weighted by Crippen LogP contribution is 2.41. The number of carbonyl (C=O) groups is 1. The van der Waals surface area contributed by atoms with Crippen molar-refractivity contribution in [2.45, 2.75) is 53.1 Å². The number of ether oxygens (including phenoxy) is 2. The van der Waals surface area contributed by atoms with Crippen LogP contribution in [0.2, 0.25) is 0 Å². The van der Waals surface area contributed by atoms with E-state index in [0.29, 0.717) is 0 Å². The Balaban J connectivity index is 2.03.